The number of rotatable bonds is 4. The van der Waals surface area contributed by atoms with Gasteiger partial charge in [0.1, 0.15) is 11.6 Å². The number of benzene rings is 1. The minimum atomic E-state index is -0.00681. The molecule has 0 radical (unpaired) electrons. The van der Waals surface area contributed by atoms with Crippen LogP contribution in [0, 0.1) is 6.92 Å². The van der Waals surface area contributed by atoms with Crippen molar-refractivity contribution in [3.05, 3.63) is 35.2 Å². The number of aromatic nitrogens is 2. The maximum Gasteiger partial charge on any atom is 0.202 e. The van der Waals surface area contributed by atoms with Gasteiger partial charge in [-0.1, -0.05) is 32.9 Å². The predicted molar refractivity (Wildman–Crippen MR) is 83.7 cm³/mol. The summed E-state index contributed by atoms with van der Waals surface area (Å²) in [5.74, 6) is 1.80. The number of anilines is 1. The number of nitrogens with one attached hydrogen (secondary N) is 1. The van der Waals surface area contributed by atoms with Gasteiger partial charge in [-0.15, -0.1) is 0 Å². The van der Waals surface area contributed by atoms with Crippen molar-refractivity contribution in [2.75, 3.05) is 12.4 Å². The van der Waals surface area contributed by atoms with Crippen molar-refractivity contribution in [3.8, 4) is 5.75 Å². The second-order valence-electron chi connectivity index (χ2n) is 5.83. The van der Waals surface area contributed by atoms with E-state index in [1.54, 1.807) is 7.11 Å². The Hall–Kier alpha value is -1.62. The minimum absolute atomic E-state index is 0.00681. The summed E-state index contributed by atoms with van der Waals surface area (Å²) in [5, 5.41) is 4.19. The van der Waals surface area contributed by atoms with Crippen LogP contribution >= 0.6 is 11.5 Å². The molecule has 1 N–H and O–H groups in total. The lowest BCUT2D eigenvalue weighted by atomic mass is 9.96. The molecular formula is C15H21N3OS. The largest absolute Gasteiger partial charge is 0.496 e. The smallest absolute Gasteiger partial charge is 0.202 e. The van der Waals surface area contributed by atoms with E-state index >= 15 is 0 Å². The summed E-state index contributed by atoms with van der Waals surface area (Å²) in [7, 11) is 1.69. The molecule has 0 atom stereocenters. The maximum atomic E-state index is 5.26. The van der Waals surface area contributed by atoms with Crippen molar-refractivity contribution in [1.29, 1.82) is 0 Å². The van der Waals surface area contributed by atoms with Crippen LogP contribution in [0.2, 0.25) is 0 Å². The third kappa shape index (κ3) is 3.48. The van der Waals surface area contributed by atoms with Crippen LogP contribution < -0.4 is 10.1 Å². The molecule has 1 heterocycles. The van der Waals surface area contributed by atoms with Crippen molar-refractivity contribution < 1.29 is 4.74 Å². The maximum absolute atomic E-state index is 5.26. The molecule has 0 saturated heterocycles. The van der Waals surface area contributed by atoms with E-state index in [4.69, 9.17) is 4.74 Å². The van der Waals surface area contributed by atoms with Crippen molar-refractivity contribution in [1.82, 2.24) is 9.36 Å². The molecular weight excluding hydrogens is 270 g/mol. The van der Waals surface area contributed by atoms with E-state index in [9.17, 15) is 0 Å². The fraction of sp³-hybridized carbons (Fsp3) is 0.467. The first-order valence-corrected chi connectivity index (χ1v) is 7.39. The molecule has 2 aromatic rings. The number of hydrogen-bond donors (Lipinski definition) is 1. The average Bonchev–Trinajstić information content (AvgIpc) is 2.85. The standard InChI is InChI=1S/C15H21N3OS/c1-10-8-11(6-7-12(10)19-5)9-16-14-17-13(18-20-14)15(2,3)4/h6-8H,9H2,1-5H3,(H,16,17,18). The predicted octanol–water partition coefficient (Wildman–Crippen LogP) is 3.76. The lowest BCUT2D eigenvalue weighted by molar-refractivity contribution is 0.411. The third-order valence-corrected chi connectivity index (χ3v) is 3.67. The summed E-state index contributed by atoms with van der Waals surface area (Å²) in [6, 6.07) is 6.18. The van der Waals surface area contributed by atoms with Gasteiger partial charge in [-0.25, -0.2) is 4.98 Å². The molecule has 0 unspecified atom stereocenters. The van der Waals surface area contributed by atoms with E-state index in [0.29, 0.717) is 0 Å². The number of hydrogen-bond acceptors (Lipinski definition) is 5. The molecule has 20 heavy (non-hydrogen) atoms. The first-order chi connectivity index (χ1) is 9.40. The normalized spacial score (nSPS) is 11.4. The van der Waals surface area contributed by atoms with Crippen LogP contribution in [0.3, 0.4) is 0 Å². The molecule has 5 heteroatoms. The molecule has 2 rings (SSSR count). The molecule has 0 bridgehead atoms. The summed E-state index contributed by atoms with van der Waals surface area (Å²) in [6.45, 7) is 9.14. The molecule has 0 fully saturated rings. The summed E-state index contributed by atoms with van der Waals surface area (Å²) in [6.07, 6.45) is 0. The Bertz CT molecular complexity index is 587. The molecule has 0 amide bonds. The lowest BCUT2D eigenvalue weighted by Gasteiger charge is -2.12. The molecule has 4 nitrogen and oxygen atoms in total. The van der Waals surface area contributed by atoms with Gasteiger partial charge >= 0.3 is 0 Å². The number of aryl methyl sites for hydroxylation is 1. The molecule has 1 aromatic heterocycles. The van der Waals surface area contributed by atoms with Gasteiger partial charge in [0, 0.05) is 23.5 Å². The van der Waals surface area contributed by atoms with Gasteiger partial charge in [-0.2, -0.15) is 4.37 Å². The quantitative estimate of drug-likeness (QED) is 0.931. The zero-order chi connectivity index (χ0) is 14.8. The van der Waals surface area contributed by atoms with Crippen LogP contribution in [0.1, 0.15) is 37.7 Å². The van der Waals surface area contributed by atoms with Crippen LogP contribution in [0.4, 0.5) is 5.13 Å². The van der Waals surface area contributed by atoms with Crippen LogP contribution in [0.15, 0.2) is 18.2 Å². The first-order valence-electron chi connectivity index (χ1n) is 6.62. The minimum Gasteiger partial charge on any atom is -0.496 e. The first kappa shape index (κ1) is 14.8. The average molecular weight is 291 g/mol. The van der Waals surface area contributed by atoms with Crippen LogP contribution in [-0.4, -0.2) is 16.5 Å². The highest BCUT2D eigenvalue weighted by Crippen LogP contribution is 2.24. The molecule has 1 aromatic carbocycles. The topological polar surface area (TPSA) is 47.0 Å². The summed E-state index contributed by atoms with van der Waals surface area (Å²) >= 11 is 1.41. The Morgan fingerprint density at radius 2 is 2.05 bits per heavy atom. The highest BCUT2D eigenvalue weighted by atomic mass is 32.1. The van der Waals surface area contributed by atoms with E-state index in [1.165, 1.54) is 17.1 Å². The Morgan fingerprint density at radius 3 is 2.60 bits per heavy atom. The highest BCUT2D eigenvalue weighted by molar-refractivity contribution is 7.09. The monoisotopic (exact) mass is 291 g/mol. The fourth-order valence-electron chi connectivity index (χ4n) is 1.83. The number of nitrogens with zero attached hydrogens (tertiary/aromatic N) is 2. The van der Waals surface area contributed by atoms with Crippen molar-refractivity contribution in [2.24, 2.45) is 0 Å². The molecule has 0 aliphatic heterocycles. The van der Waals surface area contributed by atoms with Crippen LogP contribution in [0.5, 0.6) is 5.75 Å². The fourth-order valence-corrected chi connectivity index (χ4v) is 2.58. The zero-order valence-electron chi connectivity index (χ0n) is 12.7. The molecule has 0 spiro atoms. The Balaban J connectivity index is 2.02. The second-order valence-corrected chi connectivity index (χ2v) is 6.58. The second kappa shape index (κ2) is 5.79. The lowest BCUT2D eigenvalue weighted by Crippen LogP contribution is -2.13. The van der Waals surface area contributed by atoms with E-state index in [-0.39, 0.29) is 5.41 Å². The Kier molecular flexibility index (Phi) is 4.28. The molecule has 0 saturated carbocycles. The van der Waals surface area contributed by atoms with Gasteiger partial charge in [-0.3, -0.25) is 0 Å². The van der Waals surface area contributed by atoms with Crippen molar-refractivity contribution in [2.45, 2.75) is 39.7 Å². The highest BCUT2D eigenvalue weighted by Gasteiger charge is 2.19. The molecule has 0 aliphatic carbocycles. The van der Waals surface area contributed by atoms with E-state index in [2.05, 4.69) is 47.6 Å². The third-order valence-electron chi connectivity index (χ3n) is 3.00. The van der Waals surface area contributed by atoms with Gasteiger partial charge in [-0.05, 0) is 24.1 Å². The molecule has 0 aliphatic rings. The zero-order valence-corrected chi connectivity index (χ0v) is 13.5. The number of methoxy groups -OCH3 is 1. The summed E-state index contributed by atoms with van der Waals surface area (Å²) < 4.78 is 9.66. The Morgan fingerprint density at radius 1 is 1.30 bits per heavy atom. The van der Waals surface area contributed by atoms with E-state index in [1.807, 2.05) is 13.0 Å². The number of ether oxygens (including phenoxy) is 1. The van der Waals surface area contributed by atoms with Crippen LogP contribution in [0.25, 0.3) is 0 Å². The van der Waals surface area contributed by atoms with Gasteiger partial charge in [0.05, 0.1) is 7.11 Å². The van der Waals surface area contributed by atoms with Gasteiger partial charge in [0.15, 0.2) is 0 Å². The van der Waals surface area contributed by atoms with Gasteiger partial charge in [0.2, 0.25) is 5.13 Å². The molecule has 108 valence electrons. The van der Waals surface area contributed by atoms with Crippen LogP contribution in [-0.2, 0) is 12.0 Å². The summed E-state index contributed by atoms with van der Waals surface area (Å²) in [5.41, 5.74) is 2.34. The van der Waals surface area contributed by atoms with Crippen molar-refractivity contribution >= 4 is 16.7 Å². The van der Waals surface area contributed by atoms with E-state index in [0.717, 1.165) is 28.8 Å². The summed E-state index contributed by atoms with van der Waals surface area (Å²) in [4.78, 5) is 4.52. The van der Waals surface area contributed by atoms with E-state index < -0.39 is 0 Å². The van der Waals surface area contributed by atoms with Crippen molar-refractivity contribution in [3.63, 3.8) is 0 Å². The Labute approximate surface area is 124 Å². The van der Waals surface area contributed by atoms with Gasteiger partial charge in [0.25, 0.3) is 0 Å². The van der Waals surface area contributed by atoms with Gasteiger partial charge < -0.3 is 10.1 Å². The SMILES string of the molecule is COc1ccc(CNc2nc(C(C)(C)C)ns2)cc1C.